The summed E-state index contributed by atoms with van der Waals surface area (Å²) in [6.07, 6.45) is 0. The number of hydrogen-bond acceptors (Lipinski definition) is 3. The third-order valence-corrected chi connectivity index (χ3v) is 2.48. The molecule has 6 heteroatoms. The molecule has 5 nitrogen and oxygen atoms in total. The highest BCUT2D eigenvalue weighted by Crippen LogP contribution is 2.23. The summed E-state index contributed by atoms with van der Waals surface area (Å²) in [4.78, 5) is 11.5. The zero-order chi connectivity index (χ0) is 13.0. The highest BCUT2D eigenvalue weighted by molar-refractivity contribution is 6.34. The number of nitrogens with two attached hydrogens (primary N) is 1. The topological polar surface area (TPSA) is 87.7 Å². The first-order chi connectivity index (χ1) is 7.95. The molecule has 0 heterocycles. The van der Waals surface area contributed by atoms with Gasteiger partial charge in [-0.2, -0.15) is 0 Å². The third-order valence-electron chi connectivity index (χ3n) is 2.15. The van der Waals surface area contributed by atoms with E-state index in [0.29, 0.717) is 16.3 Å². The Hall–Kier alpha value is -1.75. The second kappa shape index (κ2) is 5.54. The summed E-state index contributed by atoms with van der Waals surface area (Å²) >= 11 is 5.93. The van der Waals surface area contributed by atoms with Crippen molar-refractivity contribution >= 4 is 29.0 Å². The molecular formula is C11H14ClN3O2. The fourth-order valence-electron chi connectivity index (χ4n) is 1.12. The summed E-state index contributed by atoms with van der Waals surface area (Å²) in [5, 5.41) is 14.5. The van der Waals surface area contributed by atoms with Crippen LogP contribution in [0.15, 0.2) is 23.4 Å². The Bertz CT molecular complexity index is 458. The maximum Gasteiger partial charge on any atom is 0.226 e. The van der Waals surface area contributed by atoms with E-state index in [0.717, 1.165) is 0 Å². The standard InChI is InChI=1S/C11H14ClN3O2/c1-6(2)11(16)14-9-5-7(10(13)15-17)3-4-8(9)12/h3-6,17H,1-2H3,(H2,13,15)(H,14,16). The Labute approximate surface area is 104 Å². The first-order valence-corrected chi connectivity index (χ1v) is 5.41. The van der Waals surface area contributed by atoms with Crippen LogP contribution < -0.4 is 11.1 Å². The molecule has 0 aliphatic rings. The van der Waals surface area contributed by atoms with E-state index in [1.54, 1.807) is 32.0 Å². The maximum absolute atomic E-state index is 11.5. The Morgan fingerprint density at radius 1 is 1.53 bits per heavy atom. The number of nitrogens with zero attached hydrogens (tertiary/aromatic N) is 1. The summed E-state index contributed by atoms with van der Waals surface area (Å²) in [6, 6.07) is 4.73. The molecule has 0 aliphatic carbocycles. The van der Waals surface area contributed by atoms with Gasteiger partial charge < -0.3 is 16.3 Å². The molecular weight excluding hydrogens is 242 g/mol. The van der Waals surface area contributed by atoms with Crippen molar-refractivity contribution in [3.63, 3.8) is 0 Å². The van der Waals surface area contributed by atoms with Gasteiger partial charge in [-0.05, 0) is 18.2 Å². The number of carbonyl (C=O) groups excluding carboxylic acids is 1. The van der Waals surface area contributed by atoms with Gasteiger partial charge in [-0.3, -0.25) is 4.79 Å². The van der Waals surface area contributed by atoms with Gasteiger partial charge >= 0.3 is 0 Å². The van der Waals surface area contributed by atoms with Crippen molar-refractivity contribution in [2.24, 2.45) is 16.8 Å². The van der Waals surface area contributed by atoms with Gasteiger partial charge in [-0.1, -0.05) is 30.6 Å². The highest BCUT2D eigenvalue weighted by atomic mass is 35.5. The van der Waals surface area contributed by atoms with Crippen LogP contribution in [-0.2, 0) is 4.79 Å². The molecule has 0 saturated heterocycles. The smallest absolute Gasteiger partial charge is 0.226 e. The number of nitrogens with one attached hydrogen (secondary N) is 1. The molecule has 4 N–H and O–H groups in total. The minimum atomic E-state index is -0.154. The summed E-state index contributed by atoms with van der Waals surface area (Å²) in [5.41, 5.74) is 6.37. The van der Waals surface area contributed by atoms with Gasteiger partial charge in [0.1, 0.15) is 0 Å². The van der Waals surface area contributed by atoms with Gasteiger partial charge in [-0.25, -0.2) is 0 Å². The van der Waals surface area contributed by atoms with Crippen LogP contribution in [0.25, 0.3) is 0 Å². The minimum Gasteiger partial charge on any atom is -0.409 e. The zero-order valence-corrected chi connectivity index (χ0v) is 10.3. The Morgan fingerprint density at radius 3 is 2.71 bits per heavy atom. The molecule has 1 rings (SSSR count). The van der Waals surface area contributed by atoms with Crippen molar-refractivity contribution < 1.29 is 10.0 Å². The van der Waals surface area contributed by atoms with Gasteiger partial charge in [0, 0.05) is 11.5 Å². The molecule has 0 radical (unpaired) electrons. The molecule has 1 aromatic carbocycles. The summed E-state index contributed by atoms with van der Waals surface area (Å²) < 4.78 is 0. The molecule has 0 saturated carbocycles. The average molecular weight is 256 g/mol. The van der Waals surface area contributed by atoms with Crippen molar-refractivity contribution in [3.8, 4) is 0 Å². The van der Waals surface area contributed by atoms with Gasteiger partial charge in [-0.15, -0.1) is 0 Å². The second-order valence-electron chi connectivity index (χ2n) is 3.82. The van der Waals surface area contributed by atoms with Crippen LogP contribution in [0.2, 0.25) is 5.02 Å². The molecule has 17 heavy (non-hydrogen) atoms. The number of halogens is 1. The normalized spacial score (nSPS) is 11.6. The van der Waals surface area contributed by atoms with Crippen molar-refractivity contribution in [1.29, 1.82) is 0 Å². The SMILES string of the molecule is CC(C)C(=O)Nc1cc(C(N)=NO)ccc1Cl. The van der Waals surface area contributed by atoms with E-state index in [2.05, 4.69) is 10.5 Å². The Kier molecular flexibility index (Phi) is 4.34. The average Bonchev–Trinajstić information content (AvgIpc) is 2.30. The zero-order valence-electron chi connectivity index (χ0n) is 9.57. The van der Waals surface area contributed by atoms with Crippen molar-refractivity contribution in [2.45, 2.75) is 13.8 Å². The first-order valence-electron chi connectivity index (χ1n) is 5.04. The molecule has 0 atom stereocenters. The molecule has 0 aromatic heterocycles. The van der Waals surface area contributed by atoms with Crippen LogP contribution in [0.5, 0.6) is 0 Å². The predicted octanol–water partition coefficient (Wildman–Crippen LogP) is 2.03. The van der Waals surface area contributed by atoms with Crippen LogP contribution >= 0.6 is 11.6 Å². The van der Waals surface area contributed by atoms with E-state index in [4.69, 9.17) is 22.5 Å². The first kappa shape index (κ1) is 13.3. The lowest BCUT2D eigenvalue weighted by Gasteiger charge is -2.10. The van der Waals surface area contributed by atoms with Gasteiger partial charge in [0.25, 0.3) is 0 Å². The molecule has 1 amide bonds. The van der Waals surface area contributed by atoms with Crippen molar-refractivity contribution in [3.05, 3.63) is 28.8 Å². The Morgan fingerprint density at radius 2 is 2.18 bits per heavy atom. The van der Waals surface area contributed by atoms with E-state index < -0.39 is 0 Å². The van der Waals surface area contributed by atoms with Gasteiger partial charge in [0.05, 0.1) is 10.7 Å². The number of amides is 1. The quantitative estimate of drug-likeness (QED) is 0.334. The second-order valence-corrected chi connectivity index (χ2v) is 4.23. The molecule has 0 fully saturated rings. The van der Waals surface area contributed by atoms with Crippen LogP contribution in [0.3, 0.4) is 0 Å². The number of benzene rings is 1. The van der Waals surface area contributed by atoms with Crippen LogP contribution in [0, 0.1) is 5.92 Å². The number of hydrogen-bond donors (Lipinski definition) is 3. The van der Waals surface area contributed by atoms with Crippen LogP contribution in [0.4, 0.5) is 5.69 Å². The number of carbonyl (C=O) groups is 1. The highest BCUT2D eigenvalue weighted by Gasteiger charge is 2.11. The summed E-state index contributed by atoms with van der Waals surface area (Å²) in [6.45, 7) is 3.55. The Balaban J connectivity index is 3.03. The van der Waals surface area contributed by atoms with Crippen LogP contribution in [-0.4, -0.2) is 17.0 Å². The van der Waals surface area contributed by atoms with E-state index in [1.807, 2.05) is 0 Å². The third kappa shape index (κ3) is 3.35. The lowest BCUT2D eigenvalue weighted by Crippen LogP contribution is -2.19. The maximum atomic E-state index is 11.5. The van der Waals surface area contributed by atoms with E-state index in [9.17, 15) is 4.79 Å². The number of amidine groups is 1. The van der Waals surface area contributed by atoms with Crippen molar-refractivity contribution in [2.75, 3.05) is 5.32 Å². The fourth-order valence-corrected chi connectivity index (χ4v) is 1.28. The van der Waals surface area contributed by atoms with E-state index in [1.165, 1.54) is 0 Å². The predicted molar refractivity (Wildman–Crippen MR) is 67.4 cm³/mol. The number of rotatable bonds is 3. The largest absolute Gasteiger partial charge is 0.409 e. The van der Waals surface area contributed by atoms with Crippen LogP contribution in [0.1, 0.15) is 19.4 Å². The fraction of sp³-hybridized carbons (Fsp3) is 0.273. The molecule has 0 bridgehead atoms. The summed E-state index contributed by atoms with van der Waals surface area (Å²) in [7, 11) is 0. The molecule has 0 aliphatic heterocycles. The van der Waals surface area contributed by atoms with E-state index in [-0.39, 0.29) is 17.7 Å². The molecule has 1 aromatic rings. The molecule has 0 unspecified atom stereocenters. The monoisotopic (exact) mass is 255 g/mol. The minimum absolute atomic E-state index is 0.0401. The molecule has 0 spiro atoms. The van der Waals surface area contributed by atoms with E-state index >= 15 is 0 Å². The summed E-state index contributed by atoms with van der Waals surface area (Å²) in [5.74, 6) is -0.344. The van der Waals surface area contributed by atoms with Gasteiger partial charge in [0.2, 0.25) is 5.91 Å². The van der Waals surface area contributed by atoms with Gasteiger partial charge in [0.15, 0.2) is 5.84 Å². The molecule has 92 valence electrons. The number of oxime groups is 1. The van der Waals surface area contributed by atoms with Crippen molar-refractivity contribution in [1.82, 2.24) is 0 Å². The lowest BCUT2D eigenvalue weighted by molar-refractivity contribution is -0.118. The number of anilines is 1. The lowest BCUT2D eigenvalue weighted by atomic mass is 10.1.